The number of nitrogens with zero attached hydrogens (tertiary/aromatic N) is 4. The van der Waals surface area contributed by atoms with Gasteiger partial charge in [0, 0.05) is 5.56 Å². The van der Waals surface area contributed by atoms with Gasteiger partial charge in [-0.2, -0.15) is 0 Å². The Morgan fingerprint density at radius 2 is 1.78 bits per heavy atom. The van der Waals surface area contributed by atoms with E-state index in [2.05, 4.69) is 15.0 Å². The van der Waals surface area contributed by atoms with Gasteiger partial charge in [0.15, 0.2) is 11.6 Å². The van der Waals surface area contributed by atoms with Gasteiger partial charge >= 0.3 is 0 Å². The van der Waals surface area contributed by atoms with Crippen molar-refractivity contribution in [3.63, 3.8) is 0 Å². The van der Waals surface area contributed by atoms with Gasteiger partial charge in [-0.05, 0) is 12.1 Å². The van der Waals surface area contributed by atoms with Crippen molar-refractivity contribution in [2.45, 2.75) is 0 Å². The van der Waals surface area contributed by atoms with Gasteiger partial charge in [0.25, 0.3) is 0 Å². The number of para-hydroxylation sites is 1. The summed E-state index contributed by atoms with van der Waals surface area (Å²) in [6, 6.07) is 14.9. The normalized spacial score (nSPS) is 11.0. The first-order valence-corrected chi connectivity index (χ1v) is 7.07. The average Bonchev–Trinajstić information content (AvgIpc) is 3.01. The van der Waals surface area contributed by atoms with Crippen LogP contribution in [0.4, 0.5) is 5.82 Å². The summed E-state index contributed by atoms with van der Waals surface area (Å²) >= 11 is 0. The van der Waals surface area contributed by atoms with Gasteiger partial charge in [0.2, 0.25) is 0 Å². The number of anilines is 1. The van der Waals surface area contributed by atoms with Crippen LogP contribution in [0.25, 0.3) is 28.1 Å². The Kier molecular flexibility index (Phi) is 2.94. The van der Waals surface area contributed by atoms with Gasteiger partial charge in [-0.1, -0.05) is 36.4 Å². The summed E-state index contributed by atoms with van der Waals surface area (Å²) in [6.07, 6.45) is 3.21. The highest BCUT2D eigenvalue weighted by Crippen LogP contribution is 2.28. The highest BCUT2D eigenvalue weighted by molar-refractivity contribution is 5.84. The number of phenolic OH excluding ortho intramolecular Hbond substituents is 1. The van der Waals surface area contributed by atoms with Crippen LogP contribution in [0.3, 0.4) is 0 Å². The molecule has 0 aliphatic carbocycles. The van der Waals surface area contributed by atoms with Crippen molar-refractivity contribution < 1.29 is 5.11 Å². The molecule has 6 nitrogen and oxygen atoms in total. The predicted molar refractivity (Wildman–Crippen MR) is 88.2 cm³/mol. The van der Waals surface area contributed by atoms with Gasteiger partial charge in [0.1, 0.15) is 17.6 Å². The molecule has 112 valence electrons. The van der Waals surface area contributed by atoms with Crippen molar-refractivity contribution in [3.05, 3.63) is 61.1 Å². The zero-order chi connectivity index (χ0) is 15.8. The molecule has 0 bridgehead atoms. The van der Waals surface area contributed by atoms with Crippen LogP contribution < -0.4 is 5.73 Å². The lowest BCUT2D eigenvalue weighted by Crippen LogP contribution is -2.05. The summed E-state index contributed by atoms with van der Waals surface area (Å²) < 4.78 is 1.65. The van der Waals surface area contributed by atoms with E-state index in [4.69, 9.17) is 5.73 Å². The minimum Gasteiger partial charge on any atom is -0.506 e. The summed E-state index contributed by atoms with van der Waals surface area (Å²) in [4.78, 5) is 13.1. The maximum absolute atomic E-state index is 10.1. The standard InChI is InChI=1S/C17H13N5O/c18-16-17(21-13(9-19-16)11-5-2-1-3-6-11)22-10-20-12-7-4-8-14(23)15(12)22/h1-10,23H,(H2,18,19). The SMILES string of the molecule is Nc1ncc(-c2ccccc2)nc1-n1cnc2cccc(O)c21. The topological polar surface area (TPSA) is 89.9 Å². The van der Waals surface area contributed by atoms with Gasteiger partial charge in [-0.25, -0.2) is 15.0 Å². The molecule has 2 heterocycles. The quantitative estimate of drug-likeness (QED) is 0.594. The van der Waals surface area contributed by atoms with E-state index >= 15 is 0 Å². The van der Waals surface area contributed by atoms with E-state index in [0.717, 1.165) is 5.56 Å². The van der Waals surface area contributed by atoms with Gasteiger partial charge in [0.05, 0.1) is 17.4 Å². The molecule has 4 rings (SSSR count). The molecular formula is C17H13N5O. The number of aromatic nitrogens is 4. The molecule has 4 aromatic rings. The Labute approximate surface area is 131 Å². The van der Waals surface area contributed by atoms with Crippen LogP contribution in [-0.4, -0.2) is 24.6 Å². The first kappa shape index (κ1) is 13.3. The maximum Gasteiger partial charge on any atom is 0.182 e. The van der Waals surface area contributed by atoms with Gasteiger partial charge in [-0.3, -0.25) is 4.57 Å². The van der Waals surface area contributed by atoms with Crippen molar-refractivity contribution in [2.24, 2.45) is 0 Å². The number of fused-ring (bicyclic) bond motifs is 1. The number of imidazole rings is 1. The Hall–Kier alpha value is -3.41. The molecular weight excluding hydrogens is 290 g/mol. The van der Waals surface area contributed by atoms with Crippen LogP contribution in [0.2, 0.25) is 0 Å². The van der Waals surface area contributed by atoms with Crippen LogP contribution in [-0.2, 0) is 0 Å². The smallest absolute Gasteiger partial charge is 0.182 e. The lowest BCUT2D eigenvalue weighted by Gasteiger charge is -2.09. The number of benzene rings is 2. The first-order chi connectivity index (χ1) is 11.2. The van der Waals surface area contributed by atoms with Crippen molar-refractivity contribution in [2.75, 3.05) is 5.73 Å². The highest BCUT2D eigenvalue weighted by Gasteiger charge is 2.14. The number of aromatic hydroxyl groups is 1. The fourth-order valence-corrected chi connectivity index (χ4v) is 2.52. The Balaban J connectivity index is 1.95. The number of nitrogen functional groups attached to an aromatic ring is 1. The molecule has 0 saturated carbocycles. The monoisotopic (exact) mass is 303 g/mol. The summed E-state index contributed by atoms with van der Waals surface area (Å²) in [5.74, 6) is 0.828. The lowest BCUT2D eigenvalue weighted by atomic mass is 10.2. The van der Waals surface area contributed by atoms with E-state index < -0.39 is 0 Å². The molecule has 0 aliphatic rings. The molecule has 6 heteroatoms. The predicted octanol–water partition coefficient (Wildman–Crippen LogP) is 2.77. The molecule has 0 unspecified atom stereocenters. The number of hydrogen-bond acceptors (Lipinski definition) is 5. The second-order valence-electron chi connectivity index (χ2n) is 5.09. The fraction of sp³-hybridized carbons (Fsp3) is 0. The number of rotatable bonds is 2. The Morgan fingerprint density at radius 3 is 2.61 bits per heavy atom. The summed E-state index contributed by atoms with van der Waals surface area (Å²) in [7, 11) is 0. The molecule has 0 spiro atoms. The van der Waals surface area contributed by atoms with E-state index in [1.807, 2.05) is 36.4 Å². The van der Waals surface area contributed by atoms with Crippen molar-refractivity contribution in [1.29, 1.82) is 0 Å². The molecule has 23 heavy (non-hydrogen) atoms. The second kappa shape index (κ2) is 5.10. The zero-order valence-electron chi connectivity index (χ0n) is 12.1. The third-order valence-corrected chi connectivity index (χ3v) is 3.63. The molecule has 2 aromatic heterocycles. The summed E-state index contributed by atoms with van der Waals surface area (Å²) in [6.45, 7) is 0. The molecule has 0 amide bonds. The maximum atomic E-state index is 10.1. The fourth-order valence-electron chi connectivity index (χ4n) is 2.52. The van der Waals surface area contributed by atoms with Crippen molar-refractivity contribution >= 4 is 16.9 Å². The molecule has 2 aromatic carbocycles. The first-order valence-electron chi connectivity index (χ1n) is 7.07. The van der Waals surface area contributed by atoms with Gasteiger partial charge < -0.3 is 10.8 Å². The molecule has 0 saturated heterocycles. The van der Waals surface area contributed by atoms with Crippen LogP contribution in [0.1, 0.15) is 0 Å². The number of nitrogens with two attached hydrogens (primary N) is 1. The van der Waals surface area contributed by atoms with Crippen molar-refractivity contribution in [3.8, 4) is 22.8 Å². The Morgan fingerprint density at radius 1 is 0.957 bits per heavy atom. The molecule has 0 atom stereocenters. The minimum absolute atomic E-state index is 0.117. The Bertz CT molecular complexity index is 994. The third-order valence-electron chi connectivity index (χ3n) is 3.63. The third kappa shape index (κ3) is 2.17. The summed E-state index contributed by atoms with van der Waals surface area (Å²) in [5, 5.41) is 10.1. The van der Waals surface area contributed by atoms with E-state index in [1.54, 1.807) is 29.2 Å². The number of hydrogen-bond donors (Lipinski definition) is 2. The van der Waals surface area contributed by atoms with Crippen molar-refractivity contribution in [1.82, 2.24) is 19.5 Å². The van der Waals surface area contributed by atoms with Crippen LogP contribution in [0.5, 0.6) is 5.75 Å². The van der Waals surface area contributed by atoms with E-state index in [-0.39, 0.29) is 11.6 Å². The second-order valence-corrected chi connectivity index (χ2v) is 5.09. The van der Waals surface area contributed by atoms with Gasteiger partial charge in [-0.15, -0.1) is 0 Å². The molecule has 0 radical (unpaired) electrons. The summed E-state index contributed by atoms with van der Waals surface area (Å²) in [5.41, 5.74) is 8.85. The molecule has 3 N–H and O–H groups in total. The largest absolute Gasteiger partial charge is 0.506 e. The van der Waals surface area contributed by atoms with Crippen LogP contribution in [0.15, 0.2) is 61.1 Å². The zero-order valence-corrected chi connectivity index (χ0v) is 12.1. The van der Waals surface area contributed by atoms with Crippen LogP contribution in [0, 0.1) is 0 Å². The van der Waals surface area contributed by atoms with E-state index in [9.17, 15) is 5.11 Å². The van der Waals surface area contributed by atoms with Crippen LogP contribution >= 0.6 is 0 Å². The van der Waals surface area contributed by atoms with E-state index in [1.165, 1.54) is 0 Å². The highest BCUT2D eigenvalue weighted by atomic mass is 16.3. The molecule has 0 fully saturated rings. The molecule has 0 aliphatic heterocycles. The lowest BCUT2D eigenvalue weighted by molar-refractivity contribution is 0.479. The average molecular weight is 303 g/mol. The van der Waals surface area contributed by atoms with E-state index in [0.29, 0.717) is 22.5 Å². The minimum atomic E-state index is 0.117. The number of phenols is 1.